The molecular weight excluding hydrogens is 422 g/mol. The molecule has 0 bridgehead atoms. The van der Waals surface area contributed by atoms with Gasteiger partial charge >= 0.3 is 0 Å². The Kier molecular flexibility index (Phi) is 5.40. The molecule has 0 saturated heterocycles. The van der Waals surface area contributed by atoms with E-state index in [0.29, 0.717) is 6.35 Å². The highest BCUT2D eigenvalue weighted by molar-refractivity contribution is 7.73. The van der Waals surface area contributed by atoms with E-state index in [2.05, 4.69) is 30.3 Å². The zero-order valence-corrected chi connectivity index (χ0v) is 20.0. The van der Waals surface area contributed by atoms with Gasteiger partial charge in [-0.2, -0.15) is 0 Å². The molecule has 3 nitrogen and oxygen atoms in total. The second-order valence-corrected chi connectivity index (χ2v) is 15.1. The van der Waals surface area contributed by atoms with Crippen LogP contribution in [0.25, 0.3) is 11.1 Å². The fourth-order valence-corrected chi connectivity index (χ4v) is 12.5. The van der Waals surface area contributed by atoms with Gasteiger partial charge in [0, 0.05) is 11.0 Å². The standard InChI is InChI=1S/C26H32O3P2/c27-31(20-11-5-2-6-12-20)18-29-24-16-8-14-22(26(24)31)21-13-7-15-23-25(21)30(17-28-23)19-9-3-1-4-10-19/h7-8,13-16,19-20H,1-6,9-12,17-18H2/t30-,31-/m0/s1. The highest BCUT2D eigenvalue weighted by Gasteiger charge is 2.45. The first kappa shape index (κ1) is 20.3. The summed E-state index contributed by atoms with van der Waals surface area (Å²) in [7, 11) is -2.90. The zero-order valence-electron chi connectivity index (χ0n) is 18.2. The zero-order chi connectivity index (χ0) is 20.8. The molecule has 6 rings (SSSR count). The summed E-state index contributed by atoms with van der Waals surface area (Å²) in [5.74, 6) is 1.93. The molecule has 0 aromatic heterocycles. The van der Waals surface area contributed by atoms with Gasteiger partial charge in [-0.05, 0) is 62.5 Å². The van der Waals surface area contributed by atoms with Crippen molar-refractivity contribution in [3.8, 4) is 22.6 Å². The van der Waals surface area contributed by atoms with Gasteiger partial charge in [0.15, 0.2) is 7.14 Å². The molecule has 4 aliphatic rings. The summed E-state index contributed by atoms with van der Waals surface area (Å²) in [5, 5.41) is 2.47. The molecule has 2 aromatic rings. The van der Waals surface area contributed by atoms with Gasteiger partial charge in [-0.1, -0.05) is 62.8 Å². The minimum atomic E-state index is -2.57. The molecule has 5 heteroatoms. The number of benzene rings is 2. The number of hydrogen-bond donors (Lipinski definition) is 0. The van der Waals surface area contributed by atoms with Crippen molar-refractivity contribution in [1.82, 2.24) is 0 Å². The van der Waals surface area contributed by atoms with E-state index >= 15 is 0 Å². The predicted molar refractivity (Wildman–Crippen MR) is 130 cm³/mol. The van der Waals surface area contributed by atoms with E-state index in [1.54, 1.807) is 0 Å². The van der Waals surface area contributed by atoms with Crippen LogP contribution in [0.2, 0.25) is 0 Å². The average molecular weight is 454 g/mol. The summed E-state index contributed by atoms with van der Waals surface area (Å²) >= 11 is 0. The number of ether oxygens (including phenoxy) is 2. The van der Waals surface area contributed by atoms with Crippen molar-refractivity contribution in [2.75, 3.05) is 12.7 Å². The molecule has 0 amide bonds. The second kappa shape index (κ2) is 8.24. The predicted octanol–water partition coefficient (Wildman–Crippen LogP) is 6.81. The summed E-state index contributed by atoms with van der Waals surface area (Å²) in [6.07, 6.45) is 13.9. The lowest BCUT2D eigenvalue weighted by Gasteiger charge is -2.29. The van der Waals surface area contributed by atoms with E-state index < -0.39 is 7.14 Å². The third-order valence-corrected chi connectivity index (χ3v) is 14.2. The summed E-state index contributed by atoms with van der Waals surface area (Å²) in [6.45, 7) is 0. The van der Waals surface area contributed by atoms with Gasteiger partial charge in [0.05, 0.1) is 5.30 Å². The molecule has 164 valence electrons. The highest BCUT2D eigenvalue weighted by atomic mass is 31.2. The maximum absolute atomic E-state index is 14.5. The Morgan fingerprint density at radius 1 is 0.774 bits per heavy atom. The lowest BCUT2D eigenvalue weighted by Crippen LogP contribution is -2.22. The Hall–Kier alpha value is -1.30. The van der Waals surface area contributed by atoms with E-state index in [0.717, 1.165) is 47.2 Å². The maximum Gasteiger partial charge on any atom is 0.158 e. The van der Waals surface area contributed by atoms with Crippen molar-refractivity contribution in [3.05, 3.63) is 36.4 Å². The van der Waals surface area contributed by atoms with Gasteiger partial charge in [-0.3, -0.25) is 0 Å². The molecule has 0 N–H and O–H groups in total. The summed E-state index contributed by atoms with van der Waals surface area (Å²) < 4.78 is 26.9. The summed E-state index contributed by atoms with van der Waals surface area (Å²) in [6, 6.07) is 12.8. The first-order chi connectivity index (χ1) is 15.3. The summed E-state index contributed by atoms with van der Waals surface area (Å²) in [5.41, 5.74) is 3.49. The van der Waals surface area contributed by atoms with Crippen molar-refractivity contribution in [3.63, 3.8) is 0 Å². The van der Waals surface area contributed by atoms with Crippen LogP contribution in [0.3, 0.4) is 0 Å². The minimum absolute atomic E-state index is 0.288. The highest BCUT2D eigenvalue weighted by Crippen LogP contribution is 2.62. The number of hydrogen-bond acceptors (Lipinski definition) is 3. The molecule has 0 spiro atoms. The second-order valence-electron chi connectivity index (χ2n) is 9.70. The fraction of sp³-hybridized carbons (Fsp3) is 0.538. The molecule has 31 heavy (non-hydrogen) atoms. The quantitative estimate of drug-likeness (QED) is 0.478. The topological polar surface area (TPSA) is 35.5 Å². The Morgan fingerprint density at radius 2 is 1.45 bits per heavy atom. The summed E-state index contributed by atoms with van der Waals surface area (Å²) in [4.78, 5) is 0. The van der Waals surface area contributed by atoms with Crippen LogP contribution < -0.4 is 20.1 Å². The molecule has 2 aliphatic heterocycles. The van der Waals surface area contributed by atoms with Crippen LogP contribution >= 0.6 is 15.1 Å². The van der Waals surface area contributed by atoms with Crippen molar-refractivity contribution in [2.45, 2.75) is 75.5 Å². The van der Waals surface area contributed by atoms with Gasteiger partial charge in [0.1, 0.15) is 24.2 Å². The molecular formula is C26H32O3P2. The minimum Gasteiger partial charge on any atom is -0.488 e. The lowest BCUT2D eigenvalue weighted by atomic mass is 10.0. The van der Waals surface area contributed by atoms with Crippen LogP contribution in [0.1, 0.15) is 64.2 Å². The monoisotopic (exact) mass is 454 g/mol. The number of fused-ring (bicyclic) bond motifs is 2. The first-order valence-corrected chi connectivity index (χ1v) is 15.7. The molecule has 0 unspecified atom stereocenters. The fourth-order valence-electron chi connectivity index (χ4n) is 6.30. The van der Waals surface area contributed by atoms with Gasteiger partial charge in [0.25, 0.3) is 0 Å². The Bertz CT molecular complexity index is 1020. The molecule has 2 aromatic carbocycles. The maximum atomic E-state index is 14.5. The van der Waals surface area contributed by atoms with Crippen LogP contribution in [0.5, 0.6) is 11.5 Å². The molecule has 2 heterocycles. The molecule has 2 fully saturated rings. The van der Waals surface area contributed by atoms with E-state index in [9.17, 15) is 4.57 Å². The van der Waals surface area contributed by atoms with Crippen LogP contribution in [0.15, 0.2) is 36.4 Å². The smallest absolute Gasteiger partial charge is 0.158 e. The van der Waals surface area contributed by atoms with Crippen molar-refractivity contribution in [2.24, 2.45) is 0 Å². The third kappa shape index (κ3) is 3.39. The van der Waals surface area contributed by atoms with E-state index in [4.69, 9.17) is 9.47 Å². The number of rotatable bonds is 3. The van der Waals surface area contributed by atoms with Gasteiger partial charge in [-0.25, -0.2) is 0 Å². The SMILES string of the molecule is O=[P@]1(C2CCCCC2)COc2cccc(-c3cccc4c3[P@](C3CCCCC3)CO4)c21. The Morgan fingerprint density at radius 3 is 2.23 bits per heavy atom. The first-order valence-electron chi connectivity index (χ1n) is 12.1. The van der Waals surface area contributed by atoms with Crippen LogP contribution in [-0.2, 0) is 4.57 Å². The molecule has 2 saturated carbocycles. The Balaban J connectivity index is 1.47. The third-order valence-electron chi connectivity index (χ3n) is 7.90. The van der Waals surface area contributed by atoms with Crippen molar-refractivity contribution < 1.29 is 14.0 Å². The van der Waals surface area contributed by atoms with Crippen molar-refractivity contribution in [1.29, 1.82) is 0 Å². The normalized spacial score (nSPS) is 28.6. The Labute approximate surface area is 187 Å². The van der Waals surface area contributed by atoms with Gasteiger partial charge in [-0.15, -0.1) is 0 Å². The van der Waals surface area contributed by atoms with Crippen LogP contribution in [0, 0.1) is 0 Å². The van der Waals surface area contributed by atoms with Gasteiger partial charge < -0.3 is 14.0 Å². The molecule has 0 radical (unpaired) electrons. The van der Waals surface area contributed by atoms with E-state index in [-0.39, 0.29) is 13.6 Å². The van der Waals surface area contributed by atoms with Gasteiger partial charge in [0.2, 0.25) is 0 Å². The molecule has 2 atom stereocenters. The molecule has 2 aliphatic carbocycles. The average Bonchev–Trinajstić information content (AvgIpc) is 3.43. The van der Waals surface area contributed by atoms with E-state index in [1.807, 2.05) is 6.07 Å². The van der Waals surface area contributed by atoms with Crippen molar-refractivity contribution >= 4 is 25.7 Å². The lowest BCUT2D eigenvalue weighted by molar-refractivity contribution is 0.387. The van der Waals surface area contributed by atoms with Crippen LogP contribution in [-0.4, -0.2) is 24.0 Å². The van der Waals surface area contributed by atoms with Crippen LogP contribution in [0.4, 0.5) is 0 Å². The van der Waals surface area contributed by atoms with E-state index in [1.165, 1.54) is 62.2 Å². The largest absolute Gasteiger partial charge is 0.488 e.